The highest BCUT2D eigenvalue weighted by Crippen LogP contribution is 2.23. The number of nitrogens with zero attached hydrogens (tertiary/aromatic N) is 2. The third kappa shape index (κ3) is 3.40. The summed E-state index contributed by atoms with van der Waals surface area (Å²) in [6, 6.07) is 10.3. The smallest absolute Gasteiger partial charge is 0.270 e. The van der Waals surface area contributed by atoms with Gasteiger partial charge in [0.1, 0.15) is 11.2 Å². The Morgan fingerprint density at radius 3 is 2.64 bits per heavy atom. The summed E-state index contributed by atoms with van der Waals surface area (Å²) in [7, 11) is 0. The van der Waals surface area contributed by atoms with Crippen molar-refractivity contribution in [1.82, 2.24) is 9.38 Å². The molecule has 7 heteroatoms. The zero-order valence-electron chi connectivity index (χ0n) is 13.7. The molecule has 0 saturated carbocycles. The van der Waals surface area contributed by atoms with Gasteiger partial charge in [0.05, 0.1) is 11.4 Å². The van der Waals surface area contributed by atoms with E-state index in [-0.39, 0.29) is 11.5 Å². The van der Waals surface area contributed by atoms with E-state index in [4.69, 9.17) is 0 Å². The predicted octanol–water partition coefficient (Wildman–Crippen LogP) is 2.21. The van der Waals surface area contributed by atoms with Crippen molar-refractivity contribution < 1.29 is 9.59 Å². The normalized spacial score (nSPS) is 10.5. The van der Waals surface area contributed by atoms with Crippen LogP contribution < -0.4 is 16.2 Å². The summed E-state index contributed by atoms with van der Waals surface area (Å²) in [5.41, 5.74) is 1.69. The first-order chi connectivity index (χ1) is 12.0. The standard InChI is InChI=1S/C18H16N4O3/c1-11-6-7-14(20-12(2)23)15(9-11)21-17(24)13-10-19-16-5-3-4-8-22(16)18(13)25/h3-10H,1-2H3,(H,20,23)(H,21,24). The van der Waals surface area contributed by atoms with Crippen molar-refractivity contribution in [2.24, 2.45) is 0 Å². The maximum absolute atomic E-state index is 12.6. The van der Waals surface area contributed by atoms with E-state index in [9.17, 15) is 14.4 Å². The molecule has 25 heavy (non-hydrogen) atoms. The molecule has 0 atom stereocenters. The van der Waals surface area contributed by atoms with Crippen molar-refractivity contribution in [3.05, 3.63) is 70.3 Å². The SMILES string of the molecule is CC(=O)Nc1ccc(C)cc1NC(=O)c1cnc2ccccn2c1=O. The number of carbonyl (C=O) groups is 2. The van der Waals surface area contributed by atoms with E-state index in [1.165, 1.54) is 17.5 Å². The maximum atomic E-state index is 12.6. The molecule has 0 unspecified atom stereocenters. The van der Waals surface area contributed by atoms with E-state index >= 15 is 0 Å². The van der Waals surface area contributed by atoms with Gasteiger partial charge < -0.3 is 10.6 Å². The number of nitrogens with one attached hydrogen (secondary N) is 2. The second-order valence-corrected chi connectivity index (χ2v) is 5.59. The maximum Gasteiger partial charge on any atom is 0.270 e. The minimum absolute atomic E-state index is 0.0843. The third-order valence-corrected chi connectivity index (χ3v) is 3.59. The third-order valence-electron chi connectivity index (χ3n) is 3.59. The minimum Gasteiger partial charge on any atom is -0.325 e. The van der Waals surface area contributed by atoms with Crippen molar-refractivity contribution in [1.29, 1.82) is 0 Å². The first-order valence-electron chi connectivity index (χ1n) is 7.61. The Morgan fingerprint density at radius 2 is 1.88 bits per heavy atom. The number of hydrogen-bond acceptors (Lipinski definition) is 4. The molecule has 2 N–H and O–H groups in total. The average Bonchev–Trinajstić information content (AvgIpc) is 2.57. The molecule has 7 nitrogen and oxygen atoms in total. The highest BCUT2D eigenvalue weighted by molar-refractivity contribution is 6.07. The van der Waals surface area contributed by atoms with Gasteiger partial charge in [0.2, 0.25) is 5.91 Å². The van der Waals surface area contributed by atoms with E-state index in [1.807, 2.05) is 13.0 Å². The zero-order chi connectivity index (χ0) is 18.0. The molecule has 2 amide bonds. The monoisotopic (exact) mass is 336 g/mol. The van der Waals surface area contributed by atoms with Gasteiger partial charge in [-0.2, -0.15) is 0 Å². The van der Waals surface area contributed by atoms with Crippen LogP contribution in [-0.4, -0.2) is 21.2 Å². The van der Waals surface area contributed by atoms with Crippen molar-refractivity contribution in [3.8, 4) is 0 Å². The minimum atomic E-state index is -0.590. The molecule has 0 radical (unpaired) electrons. The van der Waals surface area contributed by atoms with E-state index in [0.717, 1.165) is 5.56 Å². The van der Waals surface area contributed by atoms with Crippen LogP contribution in [0.2, 0.25) is 0 Å². The largest absolute Gasteiger partial charge is 0.325 e. The molecule has 0 fully saturated rings. The first-order valence-corrected chi connectivity index (χ1v) is 7.61. The summed E-state index contributed by atoms with van der Waals surface area (Å²) in [6.07, 6.45) is 2.80. The van der Waals surface area contributed by atoms with Crippen LogP contribution in [0.3, 0.4) is 0 Å². The van der Waals surface area contributed by atoms with Crippen LogP contribution >= 0.6 is 0 Å². The molecular formula is C18H16N4O3. The van der Waals surface area contributed by atoms with Gasteiger partial charge in [-0.15, -0.1) is 0 Å². The summed E-state index contributed by atoms with van der Waals surface area (Å²) in [4.78, 5) is 40.5. The quantitative estimate of drug-likeness (QED) is 0.767. The molecule has 3 rings (SSSR count). The van der Waals surface area contributed by atoms with Gasteiger partial charge in [-0.05, 0) is 36.8 Å². The van der Waals surface area contributed by atoms with Crippen LogP contribution in [0.5, 0.6) is 0 Å². The molecule has 0 spiro atoms. The van der Waals surface area contributed by atoms with Crippen LogP contribution in [-0.2, 0) is 4.79 Å². The predicted molar refractivity (Wildman–Crippen MR) is 94.9 cm³/mol. The first kappa shape index (κ1) is 16.4. The molecule has 2 aromatic heterocycles. The van der Waals surface area contributed by atoms with Crippen molar-refractivity contribution in [2.45, 2.75) is 13.8 Å². The van der Waals surface area contributed by atoms with E-state index in [2.05, 4.69) is 15.6 Å². The Bertz CT molecular complexity index is 1040. The number of anilines is 2. The summed E-state index contributed by atoms with van der Waals surface area (Å²) in [5, 5.41) is 5.32. The Morgan fingerprint density at radius 1 is 1.08 bits per heavy atom. The zero-order valence-corrected chi connectivity index (χ0v) is 13.7. The van der Waals surface area contributed by atoms with Crippen LogP contribution in [0.1, 0.15) is 22.8 Å². The molecule has 3 aromatic rings. The number of benzene rings is 1. The van der Waals surface area contributed by atoms with E-state index in [1.54, 1.807) is 36.5 Å². The van der Waals surface area contributed by atoms with Crippen LogP contribution in [0.25, 0.3) is 5.65 Å². The highest BCUT2D eigenvalue weighted by Gasteiger charge is 2.15. The topological polar surface area (TPSA) is 92.6 Å². The lowest BCUT2D eigenvalue weighted by Gasteiger charge is -2.12. The summed E-state index contributed by atoms with van der Waals surface area (Å²) >= 11 is 0. The number of hydrogen-bond donors (Lipinski definition) is 2. The molecular weight excluding hydrogens is 320 g/mol. The van der Waals surface area contributed by atoms with Gasteiger partial charge >= 0.3 is 0 Å². The van der Waals surface area contributed by atoms with Gasteiger partial charge in [-0.1, -0.05) is 12.1 Å². The van der Waals surface area contributed by atoms with Gasteiger partial charge in [-0.25, -0.2) is 4.98 Å². The lowest BCUT2D eigenvalue weighted by Crippen LogP contribution is -2.27. The number of carbonyl (C=O) groups excluding carboxylic acids is 2. The fraction of sp³-hybridized carbons (Fsp3) is 0.111. The molecule has 0 aliphatic rings. The van der Waals surface area contributed by atoms with Crippen LogP contribution in [0.4, 0.5) is 11.4 Å². The fourth-order valence-electron chi connectivity index (χ4n) is 2.43. The summed E-state index contributed by atoms with van der Waals surface area (Å²) in [5.74, 6) is -0.847. The fourth-order valence-corrected chi connectivity index (χ4v) is 2.43. The van der Waals surface area contributed by atoms with E-state index in [0.29, 0.717) is 17.0 Å². The Balaban J connectivity index is 1.98. The van der Waals surface area contributed by atoms with Gasteiger partial charge in [0.15, 0.2) is 0 Å². The van der Waals surface area contributed by atoms with Crippen molar-refractivity contribution in [3.63, 3.8) is 0 Å². The number of aromatic nitrogens is 2. The highest BCUT2D eigenvalue weighted by atomic mass is 16.2. The average molecular weight is 336 g/mol. The second-order valence-electron chi connectivity index (χ2n) is 5.59. The lowest BCUT2D eigenvalue weighted by molar-refractivity contribution is -0.114. The Labute approximate surface area is 143 Å². The van der Waals surface area contributed by atoms with Crippen molar-refractivity contribution >= 4 is 28.8 Å². The van der Waals surface area contributed by atoms with E-state index < -0.39 is 11.5 Å². The van der Waals surface area contributed by atoms with Crippen LogP contribution in [0, 0.1) is 6.92 Å². The van der Waals surface area contributed by atoms with Gasteiger partial charge in [0, 0.05) is 19.3 Å². The number of pyridine rings is 1. The number of aryl methyl sites for hydroxylation is 1. The second kappa shape index (κ2) is 6.56. The van der Waals surface area contributed by atoms with Gasteiger partial charge in [-0.3, -0.25) is 18.8 Å². The molecule has 0 aliphatic heterocycles. The number of amides is 2. The molecule has 0 bridgehead atoms. The summed E-state index contributed by atoms with van der Waals surface area (Å²) < 4.78 is 1.31. The lowest BCUT2D eigenvalue weighted by atomic mass is 10.1. The number of fused-ring (bicyclic) bond motifs is 1. The molecule has 0 saturated heterocycles. The van der Waals surface area contributed by atoms with Gasteiger partial charge in [0.25, 0.3) is 11.5 Å². The summed E-state index contributed by atoms with van der Waals surface area (Å²) in [6.45, 7) is 3.24. The molecule has 0 aliphatic carbocycles. The molecule has 1 aromatic carbocycles. The Kier molecular flexibility index (Phi) is 4.30. The van der Waals surface area contributed by atoms with Crippen molar-refractivity contribution in [2.75, 3.05) is 10.6 Å². The molecule has 2 heterocycles. The number of rotatable bonds is 3. The molecule has 126 valence electrons. The Hall–Kier alpha value is -3.48. The van der Waals surface area contributed by atoms with Crippen LogP contribution in [0.15, 0.2) is 53.6 Å².